The van der Waals surface area contributed by atoms with E-state index < -0.39 is 6.04 Å². The van der Waals surface area contributed by atoms with Gasteiger partial charge in [-0.25, -0.2) is 0 Å². The van der Waals surface area contributed by atoms with Gasteiger partial charge in [0.25, 0.3) is 0 Å². The van der Waals surface area contributed by atoms with Gasteiger partial charge in [0.05, 0.1) is 12.6 Å². The second kappa shape index (κ2) is 3.77. The molecule has 1 aromatic rings. The lowest BCUT2D eigenvalue weighted by molar-refractivity contribution is -0.122. The lowest BCUT2D eigenvalue weighted by Crippen LogP contribution is -2.38. The highest BCUT2D eigenvalue weighted by atomic mass is 16.2. The van der Waals surface area contributed by atoms with Crippen LogP contribution in [-0.2, 0) is 11.3 Å². The van der Waals surface area contributed by atoms with Crippen LogP contribution in [0.1, 0.15) is 12.7 Å². The Kier molecular flexibility index (Phi) is 2.70. The Morgan fingerprint density at radius 3 is 3.08 bits per heavy atom. The monoisotopic (exact) mass is 170 g/mol. The quantitative estimate of drug-likeness (QED) is 0.494. The molecule has 1 aromatic heterocycles. The van der Waals surface area contributed by atoms with Crippen molar-refractivity contribution in [2.45, 2.75) is 19.5 Å². The number of nitrogens with one attached hydrogen (secondary N) is 2. The topological polar surface area (TPSA) is 110 Å². The van der Waals surface area contributed by atoms with Gasteiger partial charge in [-0.15, -0.1) is 10.2 Å². The molecule has 0 radical (unpaired) electrons. The molecule has 12 heavy (non-hydrogen) atoms. The molecule has 0 spiro atoms. The van der Waals surface area contributed by atoms with Gasteiger partial charge in [-0.05, 0) is 6.92 Å². The van der Waals surface area contributed by atoms with Crippen LogP contribution < -0.4 is 11.1 Å². The summed E-state index contributed by atoms with van der Waals surface area (Å²) in [6, 6.07) is -0.517. The predicted octanol–water partition coefficient (Wildman–Crippen LogP) is -1.84. The Labute approximate surface area is 68.7 Å². The molecule has 66 valence electrons. The van der Waals surface area contributed by atoms with Crippen LogP contribution in [0.15, 0.2) is 0 Å². The lowest BCUT2D eigenvalue weighted by Gasteiger charge is -2.03. The van der Waals surface area contributed by atoms with E-state index in [9.17, 15) is 4.79 Å². The summed E-state index contributed by atoms with van der Waals surface area (Å²) in [6.07, 6.45) is 0. The molecular weight excluding hydrogens is 160 g/mol. The number of nitrogens with two attached hydrogens (primary N) is 1. The van der Waals surface area contributed by atoms with Crippen molar-refractivity contribution in [2.75, 3.05) is 0 Å². The highest BCUT2D eigenvalue weighted by molar-refractivity contribution is 5.80. The van der Waals surface area contributed by atoms with Crippen LogP contribution in [0.4, 0.5) is 0 Å². The number of tetrazole rings is 1. The second-order valence-electron chi connectivity index (χ2n) is 2.33. The van der Waals surface area contributed by atoms with Crippen molar-refractivity contribution >= 4 is 5.91 Å². The molecule has 0 saturated heterocycles. The molecular formula is C5H10N6O. The molecule has 7 heteroatoms. The third-order valence-electron chi connectivity index (χ3n) is 1.22. The molecule has 0 aliphatic carbocycles. The highest BCUT2D eigenvalue weighted by Gasteiger charge is 2.07. The fourth-order valence-corrected chi connectivity index (χ4v) is 0.585. The van der Waals surface area contributed by atoms with Crippen LogP contribution in [0.2, 0.25) is 0 Å². The molecule has 0 aliphatic rings. The Balaban J connectivity index is 2.32. The fourth-order valence-electron chi connectivity index (χ4n) is 0.585. The molecule has 1 unspecified atom stereocenters. The van der Waals surface area contributed by atoms with Crippen molar-refractivity contribution in [2.24, 2.45) is 5.73 Å². The van der Waals surface area contributed by atoms with E-state index in [0.717, 1.165) is 0 Å². The number of amides is 1. The van der Waals surface area contributed by atoms with E-state index in [4.69, 9.17) is 5.73 Å². The molecule has 1 rings (SSSR count). The normalized spacial score (nSPS) is 12.5. The molecule has 4 N–H and O–H groups in total. The maximum absolute atomic E-state index is 10.9. The summed E-state index contributed by atoms with van der Waals surface area (Å²) in [4.78, 5) is 10.9. The molecule has 1 amide bonds. The summed E-state index contributed by atoms with van der Waals surface area (Å²) in [7, 11) is 0. The maximum atomic E-state index is 10.9. The van der Waals surface area contributed by atoms with Crippen molar-refractivity contribution in [3.8, 4) is 0 Å². The van der Waals surface area contributed by atoms with E-state index in [-0.39, 0.29) is 12.5 Å². The summed E-state index contributed by atoms with van der Waals surface area (Å²) < 4.78 is 0. The molecule has 0 bridgehead atoms. The third kappa shape index (κ3) is 2.27. The molecule has 0 aliphatic heterocycles. The molecule has 0 aromatic carbocycles. The first-order valence-electron chi connectivity index (χ1n) is 3.46. The number of aromatic nitrogens is 4. The number of aromatic amines is 1. The van der Waals surface area contributed by atoms with Crippen molar-refractivity contribution < 1.29 is 4.79 Å². The predicted molar refractivity (Wildman–Crippen MR) is 39.7 cm³/mol. The van der Waals surface area contributed by atoms with Crippen LogP contribution in [0.25, 0.3) is 0 Å². The van der Waals surface area contributed by atoms with Crippen LogP contribution in [0.3, 0.4) is 0 Å². The van der Waals surface area contributed by atoms with Crippen molar-refractivity contribution in [1.82, 2.24) is 25.9 Å². The number of hydrogen-bond acceptors (Lipinski definition) is 5. The largest absolute Gasteiger partial charge is 0.347 e. The van der Waals surface area contributed by atoms with Crippen molar-refractivity contribution in [3.05, 3.63) is 5.82 Å². The minimum Gasteiger partial charge on any atom is -0.347 e. The average Bonchev–Trinajstić information content (AvgIpc) is 2.51. The summed E-state index contributed by atoms with van der Waals surface area (Å²) in [6.45, 7) is 1.85. The summed E-state index contributed by atoms with van der Waals surface area (Å²) in [5, 5.41) is 15.4. The van der Waals surface area contributed by atoms with E-state index in [1.165, 1.54) is 0 Å². The number of rotatable bonds is 3. The number of carbonyl (C=O) groups excluding carboxylic acids is 1. The highest BCUT2D eigenvalue weighted by Crippen LogP contribution is 1.82. The summed E-state index contributed by atoms with van der Waals surface area (Å²) in [5.74, 6) is 0.198. The van der Waals surface area contributed by atoms with Gasteiger partial charge in [0.15, 0.2) is 5.82 Å². The van der Waals surface area contributed by atoms with Gasteiger partial charge in [0.2, 0.25) is 5.91 Å². The van der Waals surface area contributed by atoms with E-state index in [0.29, 0.717) is 5.82 Å². The summed E-state index contributed by atoms with van der Waals surface area (Å²) >= 11 is 0. The first kappa shape index (κ1) is 8.60. The van der Waals surface area contributed by atoms with Gasteiger partial charge in [-0.3, -0.25) is 4.79 Å². The zero-order chi connectivity index (χ0) is 8.97. The van der Waals surface area contributed by atoms with E-state index in [1.54, 1.807) is 6.92 Å². The number of nitrogens with zero attached hydrogens (tertiary/aromatic N) is 3. The molecule has 0 saturated carbocycles. The minimum atomic E-state index is -0.517. The van der Waals surface area contributed by atoms with Gasteiger partial charge in [-0.1, -0.05) is 5.21 Å². The van der Waals surface area contributed by atoms with Crippen LogP contribution in [0.5, 0.6) is 0 Å². The van der Waals surface area contributed by atoms with Gasteiger partial charge < -0.3 is 11.1 Å². The fraction of sp³-hybridized carbons (Fsp3) is 0.600. The zero-order valence-electron chi connectivity index (χ0n) is 6.61. The maximum Gasteiger partial charge on any atom is 0.237 e. The smallest absolute Gasteiger partial charge is 0.237 e. The molecule has 1 heterocycles. The zero-order valence-corrected chi connectivity index (χ0v) is 6.61. The average molecular weight is 170 g/mol. The van der Waals surface area contributed by atoms with E-state index in [2.05, 4.69) is 25.9 Å². The van der Waals surface area contributed by atoms with Gasteiger partial charge in [0, 0.05) is 0 Å². The van der Waals surface area contributed by atoms with Gasteiger partial charge >= 0.3 is 0 Å². The Hall–Kier alpha value is -1.50. The molecule has 0 fully saturated rings. The van der Waals surface area contributed by atoms with E-state index in [1.807, 2.05) is 0 Å². The Morgan fingerprint density at radius 2 is 2.58 bits per heavy atom. The van der Waals surface area contributed by atoms with Crippen molar-refractivity contribution in [1.29, 1.82) is 0 Å². The molecule has 7 nitrogen and oxygen atoms in total. The number of hydrogen-bond donors (Lipinski definition) is 3. The van der Waals surface area contributed by atoms with Crippen LogP contribution in [0, 0.1) is 0 Å². The van der Waals surface area contributed by atoms with Gasteiger partial charge in [-0.2, -0.15) is 5.21 Å². The number of carbonyl (C=O) groups is 1. The first-order valence-corrected chi connectivity index (χ1v) is 3.46. The van der Waals surface area contributed by atoms with Crippen LogP contribution in [-0.4, -0.2) is 32.6 Å². The summed E-state index contributed by atoms with van der Waals surface area (Å²) in [5.41, 5.74) is 5.30. The second-order valence-corrected chi connectivity index (χ2v) is 2.33. The van der Waals surface area contributed by atoms with Crippen molar-refractivity contribution in [3.63, 3.8) is 0 Å². The number of H-pyrrole nitrogens is 1. The molecule has 1 atom stereocenters. The Morgan fingerprint density at radius 1 is 1.83 bits per heavy atom. The first-order chi connectivity index (χ1) is 5.70. The van der Waals surface area contributed by atoms with Crippen LogP contribution >= 0.6 is 0 Å². The standard InChI is InChI=1S/C5H10N6O/c1-3(6)5(12)7-2-4-8-10-11-9-4/h3H,2,6H2,1H3,(H,7,12)(H,8,9,10,11). The SMILES string of the molecule is CC(N)C(=O)NCc1nn[nH]n1. The third-order valence-corrected chi connectivity index (χ3v) is 1.22. The minimum absolute atomic E-state index is 0.236. The lowest BCUT2D eigenvalue weighted by atomic mass is 10.3. The van der Waals surface area contributed by atoms with Gasteiger partial charge in [0.1, 0.15) is 0 Å². The Bertz CT molecular complexity index is 242. The van der Waals surface area contributed by atoms with E-state index >= 15 is 0 Å².